The first-order chi connectivity index (χ1) is 8.28. The van der Waals surface area contributed by atoms with E-state index in [9.17, 15) is 0 Å². The molecule has 2 rings (SSSR count). The number of hydrogen-bond donors (Lipinski definition) is 1. The molecule has 0 radical (unpaired) electrons. The van der Waals surface area contributed by atoms with Gasteiger partial charge in [0.25, 0.3) is 0 Å². The fraction of sp³-hybridized carbons (Fsp3) is 0.692. The fourth-order valence-electron chi connectivity index (χ4n) is 2.11. The van der Waals surface area contributed by atoms with Crippen molar-refractivity contribution in [3.63, 3.8) is 0 Å². The van der Waals surface area contributed by atoms with Crippen molar-refractivity contribution in [1.82, 2.24) is 10.2 Å². The minimum atomic E-state index is 0.750. The molecule has 1 unspecified atom stereocenters. The van der Waals surface area contributed by atoms with Crippen LogP contribution in [-0.4, -0.2) is 35.5 Å². The Kier molecular flexibility index (Phi) is 4.95. The van der Waals surface area contributed by atoms with Gasteiger partial charge in [-0.05, 0) is 18.7 Å². The Labute approximate surface area is 108 Å². The normalized spacial score (nSPS) is 21.9. The topological polar surface area (TPSA) is 28.4 Å². The maximum absolute atomic E-state index is 5.81. The second-order valence-electron chi connectivity index (χ2n) is 4.56. The summed E-state index contributed by atoms with van der Waals surface area (Å²) in [5, 5.41) is 4.03. The Morgan fingerprint density at radius 2 is 2.29 bits per heavy atom. The van der Waals surface area contributed by atoms with Crippen LogP contribution in [0.15, 0.2) is 16.5 Å². The smallest absolute Gasteiger partial charge is 0.118 e. The summed E-state index contributed by atoms with van der Waals surface area (Å²) >= 11 is 2.07. The summed E-state index contributed by atoms with van der Waals surface area (Å²) in [6, 6.07) is 4.19. The Hall–Kier alpha value is -0.450. The van der Waals surface area contributed by atoms with Crippen LogP contribution in [0.5, 0.6) is 0 Å². The van der Waals surface area contributed by atoms with Gasteiger partial charge in [-0.15, -0.1) is 0 Å². The lowest BCUT2D eigenvalue weighted by Gasteiger charge is -2.29. The van der Waals surface area contributed by atoms with Crippen LogP contribution >= 0.6 is 11.8 Å². The highest BCUT2D eigenvalue weighted by atomic mass is 32.2. The molecule has 1 fully saturated rings. The highest BCUT2D eigenvalue weighted by Gasteiger charge is 2.17. The molecule has 1 aliphatic heterocycles. The second kappa shape index (κ2) is 6.47. The molecule has 3 nitrogen and oxygen atoms in total. The molecule has 0 spiro atoms. The van der Waals surface area contributed by atoms with E-state index >= 15 is 0 Å². The molecule has 1 aliphatic rings. The molecule has 96 valence electrons. The van der Waals surface area contributed by atoms with Crippen molar-refractivity contribution < 1.29 is 4.42 Å². The number of hydrogen-bond acceptors (Lipinski definition) is 4. The van der Waals surface area contributed by atoms with Crippen LogP contribution in [0, 0.1) is 0 Å². The Morgan fingerprint density at radius 1 is 1.47 bits per heavy atom. The Balaban J connectivity index is 1.83. The first-order valence-electron chi connectivity index (χ1n) is 6.40. The minimum absolute atomic E-state index is 0.750. The number of nitrogens with zero attached hydrogens (tertiary/aromatic N) is 1. The van der Waals surface area contributed by atoms with Gasteiger partial charge in [-0.1, -0.05) is 13.8 Å². The van der Waals surface area contributed by atoms with Crippen LogP contribution in [0.3, 0.4) is 0 Å². The van der Waals surface area contributed by atoms with Crippen molar-refractivity contribution in [2.24, 2.45) is 0 Å². The predicted octanol–water partition coefficient (Wildman–Crippen LogP) is 2.33. The molecule has 1 aromatic rings. The summed E-state index contributed by atoms with van der Waals surface area (Å²) in [5.74, 6) is 3.38. The molecule has 0 saturated carbocycles. The van der Waals surface area contributed by atoms with Gasteiger partial charge in [-0.3, -0.25) is 4.90 Å². The summed E-state index contributed by atoms with van der Waals surface area (Å²) in [4.78, 5) is 2.48. The molecule has 0 aromatic carbocycles. The fourth-order valence-corrected chi connectivity index (χ4v) is 3.19. The van der Waals surface area contributed by atoms with Crippen LogP contribution in [0.25, 0.3) is 0 Å². The zero-order valence-corrected chi connectivity index (χ0v) is 11.6. The zero-order valence-electron chi connectivity index (χ0n) is 10.7. The van der Waals surface area contributed by atoms with E-state index in [4.69, 9.17) is 4.42 Å². The highest BCUT2D eigenvalue weighted by molar-refractivity contribution is 7.99. The Morgan fingerprint density at radius 3 is 3.06 bits per heavy atom. The number of furan rings is 1. The van der Waals surface area contributed by atoms with Crippen molar-refractivity contribution in [2.75, 3.05) is 25.4 Å². The molecule has 1 saturated heterocycles. The van der Waals surface area contributed by atoms with E-state index in [1.807, 2.05) is 0 Å². The average Bonchev–Trinajstić information content (AvgIpc) is 2.74. The summed E-state index contributed by atoms with van der Waals surface area (Å²) in [6.45, 7) is 9.54. The van der Waals surface area contributed by atoms with Gasteiger partial charge in [0.1, 0.15) is 11.5 Å². The van der Waals surface area contributed by atoms with E-state index in [0.717, 1.165) is 36.4 Å². The van der Waals surface area contributed by atoms with Crippen LogP contribution < -0.4 is 5.32 Å². The van der Waals surface area contributed by atoms with E-state index in [1.165, 1.54) is 18.8 Å². The number of rotatable bonds is 5. The molecule has 0 amide bonds. The average molecular weight is 254 g/mol. The van der Waals surface area contributed by atoms with Gasteiger partial charge in [0.05, 0.1) is 13.1 Å². The van der Waals surface area contributed by atoms with E-state index in [0.29, 0.717) is 0 Å². The molecular weight excluding hydrogens is 232 g/mol. The van der Waals surface area contributed by atoms with Gasteiger partial charge in [-0.2, -0.15) is 11.8 Å². The number of nitrogens with one attached hydrogen (secondary N) is 1. The maximum atomic E-state index is 5.81. The molecular formula is C13H22N2OS. The lowest BCUT2D eigenvalue weighted by atomic mass is 10.3. The molecule has 1 N–H and O–H groups in total. The monoisotopic (exact) mass is 254 g/mol. The SMILES string of the molecule is CCNCc1ccc(CN2CCSC(C)C2)o1. The van der Waals surface area contributed by atoms with E-state index in [2.05, 4.69) is 48.0 Å². The largest absolute Gasteiger partial charge is 0.463 e. The predicted molar refractivity (Wildman–Crippen MR) is 73.3 cm³/mol. The zero-order chi connectivity index (χ0) is 12.1. The van der Waals surface area contributed by atoms with Crippen molar-refractivity contribution in [3.8, 4) is 0 Å². The van der Waals surface area contributed by atoms with E-state index in [1.54, 1.807) is 0 Å². The van der Waals surface area contributed by atoms with Crippen LogP contribution in [0.2, 0.25) is 0 Å². The molecule has 2 heterocycles. The third kappa shape index (κ3) is 4.05. The lowest BCUT2D eigenvalue weighted by Crippen LogP contribution is -2.35. The minimum Gasteiger partial charge on any atom is -0.463 e. The van der Waals surface area contributed by atoms with Crippen LogP contribution in [-0.2, 0) is 13.1 Å². The van der Waals surface area contributed by atoms with Crippen molar-refractivity contribution in [1.29, 1.82) is 0 Å². The lowest BCUT2D eigenvalue weighted by molar-refractivity contribution is 0.251. The standard InChI is InChI=1S/C13H22N2OS/c1-3-14-8-12-4-5-13(16-12)10-15-6-7-17-11(2)9-15/h4-5,11,14H,3,6-10H2,1-2H3. The quantitative estimate of drug-likeness (QED) is 0.873. The summed E-state index contributed by atoms with van der Waals surface area (Å²) in [5.41, 5.74) is 0. The Bertz CT molecular complexity index is 340. The third-order valence-corrected chi connectivity index (χ3v) is 4.11. The van der Waals surface area contributed by atoms with Gasteiger partial charge < -0.3 is 9.73 Å². The van der Waals surface area contributed by atoms with Gasteiger partial charge in [0.15, 0.2) is 0 Å². The molecule has 0 aliphatic carbocycles. The molecule has 0 bridgehead atoms. The summed E-state index contributed by atoms with van der Waals surface area (Å²) in [7, 11) is 0. The van der Waals surface area contributed by atoms with Crippen LogP contribution in [0.4, 0.5) is 0 Å². The molecule has 17 heavy (non-hydrogen) atoms. The summed E-state index contributed by atoms with van der Waals surface area (Å²) < 4.78 is 5.81. The molecule has 4 heteroatoms. The second-order valence-corrected chi connectivity index (χ2v) is 6.11. The maximum Gasteiger partial charge on any atom is 0.118 e. The third-order valence-electron chi connectivity index (χ3n) is 2.97. The van der Waals surface area contributed by atoms with Crippen molar-refractivity contribution in [3.05, 3.63) is 23.7 Å². The van der Waals surface area contributed by atoms with E-state index < -0.39 is 0 Å². The van der Waals surface area contributed by atoms with Crippen LogP contribution in [0.1, 0.15) is 25.4 Å². The van der Waals surface area contributed by atoms with Crippen molar-refractivity contribution >= 4 is 11.8 Å². The first kappa shape index (κ1) is 13.0. The summed E-state index contributed by atoms with van der Waals surface area (Å²) in [6.07, 6.45) is 0. The first-order valence-corrected chi connectivity index (χ1v) is 7.45. The van der Waals surface area contributed by atoms with Gasteiger partial charge in [0.2, 0.25) is 0 Å². The van der Waals surface area contributed by atoms with E-state index in [-0.39, 0.29) is 0 Å². The number of thioether (sulfide) groups is 1. The molecule has 1 atom stereocenters. The highest BCUT2D eigenvalue weighted by Crippen LogP contribution is 2.20. The van der Waals surface area contributed by atoms with Gasteiger partial charge in [0, 0.05) is 24.1 Å². The van der Waals surface area contributed by atoms with Crippen molar-refractivity contribution in [2.45, 2.75) is 32.2 Å². The van der Waals surface area contributed by atoms with Gasteiger partial charge in [-0.25, -0.2) is 0 Å². The van der Waals surface area contributed by atoms with Gasteiger partial charge >= 0.3 is 0 Å². The molecule has 1 aromatic heterocycles.